The van der Waals surface area contributed by atoms with Crippen LogP contribution in [0.1, 0.15) is 48.6 Å². The summed E-state index contributed by atoms with van der Waals surface area (Å²) in [5.74, 6) is 0.294. The zero-order valence-electron chi connectivity index (χ0n) is 19.0. The molecule has 7 heteroatoms. The highest BCUT2D eigenvalue weighted by Gasteiger charge is 2.32. The number of rotatable bonds is 6. The van der Waals surface area contributed by atoms with Crippen LogP contribution in [0.4, 0.5) is 0 Å². The molecule has 172 valence electrons. The van der Waals surface area contributed by atoms with E-state index >= 15 is 0 Å². The highest BCUT2D eigenvalue weighted by atomic mass is 35.5. The molecule has 2 atom stereocenters. The van der Waals surface area contributed by atoms with Crippen LogP contribution in [0.3, 0.4) is 0 Å². The number of fused-ring (bicyclic) bond motifs is 1. The van der Waals surface area contributed by atoms with Crippen LogP contribution in [0, 0.1) is 24.2 Å². The molecule has 1 aromatic heterocycles. The molecule has 1 aliphatic rings. The maximum Gasteiger partial charge on any atom is 0.309 e. The van der Waals surface area contributed by atoms with Crippen LogP contribution in [0.5, 0.6) is 5.75 Å². The Bertz CT molecular complexity index is 1260. The third kappa shape index (κ3) is 4.69. The first-order valence-corrected chi connectivity index (χ1v) is 11.9. The number of nitrogens with zero attached hydrogens (tertiary/aromatic N) is 2. The van der Waals surface area contributed by atoms with Gasteiger partial charge in [-0.25, -0.2) is 0 Å². The standard InChI is InChI=1S/C26H26Cl2N2O3/c1-4-32-26(31)17-5-6-19(11-17)33-24-8-7-22(27)21(25(24)28)13-18-12-20-15(2)9-16(14-29)10-23(20)30(18)3/h7-10,12,17,19H,4-6,11,13H2,1-3H3/t17-,19+/m1/s1. The minimum atomic E-state index is -0.155. The van der Waals surface area contributed by atoms with E-state index in [-0.39, 0.29) is 18.0 Å². The van der Waals surface area contributed by atoms with Crippen molar-refractivity contribution in [1.82, 2.24) is 4.57 Å². The highest BCUT2D eigenvalue weighted by molar-refractivity contribution is 6.37. The molecule has 2 aromatic carbocycles. The van der Waals surface area contributed by atoms with Gasteiger partial charge in [-0.2, -0.15) is 5.26 Å². The molecule has 0 unspecified atom stereocenters. The minimum absolute atomic E-state index is 0.0874. The van der Waals surface area contributed by atoms with E-state index in [1.807, 2.05) is 33.0 Å². The van der Waals surface area contributed by atoms with Gasteiger partial charge in [0.1, 0.15) is 5.75 Å². The monoisotopic (exact) mass is 484 g/mol. The smallest absolute Gasteiger partial charge is 0.309 e. The van der Waals surface area contributed by atoms with Crippen molar-refractivity contribution in [3.63, 3.8) is 0 Å². The molecule has 1 aliphatic carbocycles. The maximum absolute atomic E-state index is 12.0. The van der Waals surface area contributed by atoms with Gasteiger partial charge in [0, 0.05) is 35.1 Å². The molecule has 0 bridgehead atoms. The number of benzene rings is 2. The van der Waals surface area contributed by atoms with Crippen LogP contribution in [0.2, 0.25) is 10.0 Å². The lowest BCUT2D eigenvalue weighted by atomic mass is 10.1. The number of carbonyl (C=O) groups excluding carboxylic acids is 1. The first kappa shape index (κ1) is 23.5. The lowest BCUT2D eigenvalue weighted by molar-refractivity contribution is -0.147. The Hall–Kier alpha value is -2.68. The molecule has 0 amide bonds. The van der Waals surface area contributed by atoms with Crippen molar-refractivity contribution < 1.29 is 14.3 Å². The van der Waals surface area contributed by atoms with Gasteiger partial charge in [-0.1, -0.05) is 23.2 Å². The Kier molecular flexibility index (Phi) is 6.88. The maximum atomic E-state index is 12.0. The molecule has 1 fully saturated rings. The Morgan fingerprint density at radius 2 is 2.03 bits per heavy atom. The van der Waals surface area contributed by atoms with E-state index in [1.54, 1.807) is 12.1 Å². The van der Waals surface area contributed by atoms with Crippen LogP contribution in [-0.2, 0) is 23.0 Å². The van der Waals surface area contributed by atoms with Gasteiger partial charge in [0.2, 0.25) is 0 Å². The number of nitriles is 1. The highest BCUT2D eigenvalue weighted by Crippen LogP contribution is 2.39. The predicted molar refractivity (Wildman–Crippen MR) is 130 cm³/mol. The van der Waals surface area contributed by atoms with Gasteiger partial charge in [0.05, 0.1) is 35.3 Å². The second kappa shape index (κ2) is 9.67. The fraction of sp³-hybridized carbons (Fsp3) is 0.385. The second-order valence-corrected chi connectivity index (χ2v) is 9.33. The van der Waals surface area contributed by atoms with Gasteiger partial charge in [-0.05, 0) is 74.6 Å². The summed E-state index contributed by atoms with van der Waals surface area (Å²) < 4.78 is 13.4. The van der Waals surface area contributed by atoms with E-state index in [4.69, 9.17) is 32.7 Å². The van der Waals surface area contributed by atoms with E-state index in [1.165, 1.54) is 0 Å². The van der Waals surface area contributed by atoms with Gasteiger partial charge in [0.15, 0.2) is 0 Å². The number of hydrogen-bond acceptors (Lipinski definition) is 4. The molecule has 3 aromatic rings. The van der Waals surface area contributed by atoms with Crippen molar-refractivity contribution in [2.45, 2.75) is 45.6 Å². The van der Waals surface area contributed by atoms with Gasteiger partial charge in [-0.3, -0.25) is 4.79 Å². The summed E-state index contributed by atoms with van der Waals surface area (Å²) in [6.45, 7) is 4.21. The van der Waals surface area contributed by atoms with Gasteiger partial charge >= 0.3 is 5.97 Å². The van der Waals surface area contributed by atoms with Crippen LogP contribution in [0.25, 0.3) is 10.9 Å². The number of hydrogen-bond donors (Lipinski definition) is 0. The number of halogens is 2. The molecule has 33 heavy (non-hydrogen) atoms. The molecule has 0 radical (unpaired) electrons. The van der Waals surface area contributed by atoms with Gasteiger partial charge in [-0.15, -0.1) is 0 Å². The van der Waals surface area contributed by atoms with Crippen LogP contribution in [0.15, 0.2) is 30.3 Å². The predicted octanol–water partition coefficient (Wildman–Crippen LogP) is 6.37. The lowest BCUT2D eigenvalue weighted by Crippen LogP contribution is -2.18. The average Bonchev–Trinajstić information content (AvgIpc) is 3.38. The van der Waals surface area contributed by atoms with E-state index in [9.17, 15) is 10.1 Å². The number of carbonyl (C=O) groups is 1. The Labute approximate surface area is 203 Å². The third-order valence-corrected chi connectivity index (χ3v) is 7.17. The Morgan fingerprint density at radius 1 is 1.24 bits per heavy atom. The molecule has 0 saturated heterocycles. The summed E-state index contributed by atoms with van der Waals surface area (Å²) in [6, 6.07) is 11.7. The SMILES string of the molecule is CCOC(=O)[C@@H]1CC[C@H](Oc2ccc(Cl)c(Cc3cc4c(C)cc(C#N)cc4n3C)c2Cl)C1. The number of esters is 1. The summed E-state index contributed by atoms with van der Waals surface area (Å²) in [7, 11) is 1.98. The van der Waals surface area contributed by atoms with E-state index in [0.717, 1.165) is 40.6 Å². The first-order valence-electron chi connectivity index (χ1n) is 11.1. The van der Waals surface area contributed by atoms with Crippen molar-refractivity contribution >= 4 is 40.1 Å². The average molecular weight is 485 g/mol. The second-order valence-electron chi connectivity index (χ2n) is 8.55. The van der Waals surface area contributed by atoms with Crippen molar-refractivity contribution in [2.75, 3.05) is 6.61 Å². The zero-order valence-corrected chi connectivity index (χ0v) is 20.5. The van der Waals surface area contributed by atoms with Crippen LogP contribution >= 0.6 is 23.2 Å². The summed E-state index contributed by atoms with van der Waals surface area (Å²) in [5, 5.41) is 11.5. The summed E-state index contributed by atoms with van der Waals surface area (Å²) >= 11 is 13.3. The van der Waals surface area contributed by atoms with Crippen molar-refractivity contribution in [2.24, 2.45) is 13.0 Å². The molecule has 1 heterocycles. The third-order valence-electron chi connectivity index (χ3n) is 6.40. The molecular weight excluding hydrogens is 459 g/mol. The molecule has 4 rings (SSSR count). The zero-order chi connectivity index (χ0) is 23.7. The summed E-state index contributed by atoms with van der Waals surface area (Å²) in [6.07, 6.45) is 2.59. The normalized spacial score (nSPS) is 17.8. The topological polar surface area (TPSA) is 64.2 Å². The Balaban J connectivity index is 1.58. The van der Waals surface area contributed by atoms with E-state index < -0.39 is 0 Å². The van der Waals surface area contributed by atoms with Crippen LogP contribution < -0.4 is 4.74 Å². The van der Waals surface area contributed by atoms with Crippen LogP contribution in [-0.4, -0.2) is 23.2 Å². The summed E-state index contributed by atoms with van der Waals surface area (Å²) in [5.41, 5.74) is 4.51. The van der Waals surface area contributed by atoms with Crippen molar-refractivity contribution in [1.29, 1.82) is 5.26 Å². The molecule has 0 aliphatic heterocycles. The Morgan fingerprint density at radius 3 is 2.76 bits per heavy atom. The number of ether oxygens (including phenoxy) is 2. The molecular formula is C26H26Cl2N2O3. The fourth-order valence-electron chi connectivity index (χ4n) is 4.61. The molecule has 0 spiro atoms. The lowest BCUT2D eigenvalue weighted by Gasteiger charge is -2.18. The van der Waals surface area contributed by atoms with E-state index in [2.05, 4.69) is 16.7 Å². The fourth-order valence-corrected chi connectivity index (χ4v) is 5.16. The quantitative estimate of drug-likeness (QED) is 0.381. The number of aromatic nitrogens is 1. The number of aryl methyl sites for hydroxylation is 2. The van der Waals surface area contributed by atoms with Gasteiger partial charge < -0.3 is 14.0 Å². The summed E-state index contributed by atoms with van der Waals surface area (Å²) in [4.78, 5) is 12.0. The first-order chi connectivity index (χ1) is 15.8. The van der Waals surface area contributed by atoms with Gasteiger partial charge in [0.25, 0.3) is 0 Å². The van der Waals surface area contributed by atoms with E-state index in [0.29, 0.717) is 40.8 Å². The van der Waals surface area contributed by atoms with Crippen molar-refractivity contribution in [3.05, 3.63) is 62.8 Å². The van der Waals surface area contributed by atoms with Crippen molar-refractivity contribution in [3.8, 4) is 11.8 Å². The molecule has 0 N–H and O–H groups in total. The largest absolute Gasteiger partial charge is 0.489 e. The molecule has 1 saturated carbocycles. The molecule has 5 nitrogen and oxygen atoms in total. The minimum Gasteiger partial charge on any atom is -0.489 e.